The minimum atomic E-state index is -0.109. The number of nitrogens with one attached hydrogen (secondary N) is 1. The number of carbonyl (C=O) groups excluding carboxylic acids is 1. The summed E-state index contributed by atoms with van der Waals surface area (Å²) < 4.78 is 5.58. The van der Waals surface area contributed by atoms with Gasteiger partial charge in [-0.15, -0.1) is 0 Å². The largest absolute Gasteiger partial charge is 0.378 e. The number of aryl methyl sites for hydroxylation is 1. The van der Waals surface area contributed by atoms with Gasteiger partial charge in [-0.1, -0.05) is 17.7 Å². The highest BCUT2D eigenvalue weighted by Gasteiger charge is 2.16. The van der Waals surface area contributed by atoms with Crippen molar-refractivity contribution in [2.45, 2.75) is 38.7 Å². The third-order valence-corrected chi connectivity index (χ3v) is 4.22. The van der Waals surface area contributed by atoms with Crippen molar-refractivity contribution in [1.82, 2.24) is 4.90 Å². The number of carbonyl (C=O) groups is 1. The zero-order valence-electron chi connectivity index (χ0n) is 12.7. The van der Waals surface area contributed by atoms with Crippen LogP contribution in [0.4, 0.5) is 10.5 Å². The molecular weight excluding hydrogens is 288 g/mol. The lowest BCUT2D eigenvalue weighted by molar-refractivity contribution is 0.101. The monoisotopic (exact) mass is 310 g/mol. The Bertz CT molecular complexity index is 487. The van der Waals surface area contributed by atoms with E-state index in [-0.39, 0.29) is 6.03 Å². The molecule has 116 valence electrons. The topological polar surface area (TPSA) is 41.6 Å². The van der Waals surface area contributed by atoms with Gasteiger partial charge >= 0.3 is 6.03 Å². The number of nitrogens with zero attached hydrogens (tertiary/aromatic N) is 1. The summed E-state index contributed by atoms with van der Waals surface area (Å²) in [6.45, 7) is 3.55. The average molecular weight is 311 g/mol. The van der Waals surface area contributed by atoms with Crippen molar-refractivity contribution < 1.29 is 9.53 Å². The minimum absolute atomic E-state index is 0.109. The van der Waals surface area contributed by atoms with E-state index in [1.807, 2.05) is 19.1 Å². The molecule has 1 aromatic carbocycles. The van der Waals surface area contributed by atoms with Gasteiger partial charge in [-0.25, -0.2) is 4.79 Å². The molecule has 2 amide bonds. The highest BCUT2D eigenvalue weighted by molar-refractivity contribution is 6.31. The Morgan fingerprint density at radius 1 is 1.52 bits per heavy atom. The molecule has 21 heavy (non-hydrogen) atoms. The van der Waals surface area contributed by atoms with Crippen LogP contribution in [0.3, 0.4) is 0 Å². The molecule has 0 aromatic heterocycles. The molecule has 1 saturated heterocycles. The van der Waals surface area contributed by atoms with Gasteiger partial charge in [0.25, 0.3) is 0 Å². The molecular formula is C16H23ClN2O2. The molecule has 0 radical (unpaired) electrons. The van der Waals surface area contributed by atoms with Gasteiger partial charge in [0.15, 0.2) is 0 Å². The summed E-state index contributed by atoms with van der Waals surface area (Å²) in [5.74, 6) is 0. The summed E-state index contributed by atoms with van der Waals surface area (Å²) in [6.07, 6.45) is 4.68. The van der Waals surface area contributed by atoms with Crippen LogP contribution in [0.15, 0.2) is 18.2 Å². The first-order chi connectivity index (χ1) is 10.1. The quantitative estimate of drug-likeness (QED) is 0.890. The summed E-state index contributed by atoms with van der Waals surface area (Å²) in [4.78, 5) is 13.8. The molecule has 1 aromatic rings. The maximum absolute atomic E-state index is 12.1. The van der Waals surface area contributed by atoms with Crippen molar-refractivity contribution in [1.29, 1.82) is 0 Å². The van der Waals surface area contributed by atoms with Crippen LogP contribution >= 0.6 is 11.6 Å². The van der Waals surface area contributed by atoms with E-state index in [2.05, 4.69) is 5.32 Å². The fraction of sp³-hybridized carbons (Fsp3) is 0.562. The van der Waals surface area contributed by atoms with E-state index in [0.717, 1.165) is 50.1 Å². The molecule has 0 bridgehead atoms. The van der Waals surface area contributed by atoms with Gasteiger partial charge in [-0.05, 0) is 50.3 Å². The lowest BCUT2D eigenvalue weighted by atomic mass is 10.1. The molecule has 0 spiro atoms. The number of ether oxygens (including phenoxy) is 1. The van der Waals surface area contributed by atoms with Gasteiger partial charge in [-0.3, -0.25) is 0 Å². The van der Waals surface area contributed by atoms with Crippen LogP contribution in [0.5, 0.6) is 0 Å². The zero-order valence-corrected chi connectivity index (χ0v) is 13.4. The smallest absolute Gasteiger partial charge is 0.321 e. The lowest BCUT2D eigenvalue weighted by Crippen LogP contribution is -2.32. The summed E-state index contributed by atoms with van der Waals surface area (Å²) in [5, 5.41) is 3.52. The van der Waals surface area contributed by atoms with E-state index in [9.17, 15) is 4.79 Å². The number of amides is 2. The first-order valence-corrected chi connectivity index (χ1v) is 7.84. The van der Waals surface area contributed by atoms with E-state index < -0.39 is 0 Å². The van der Waals surface area contributed by atoms with E-state index in [0.29, 0.717) is 11.1 Å². The fourth-order valence-corrected chi connectivity index (χ4v) is 2.60. The Morgan fingerprint density at radius 3 is 3.00 bits per heavy atom. The van der Waals surface area contributed by atoms with Crippen LogP contribution in [0.25, 0.3) is 0 Å². The van der Waals surface area contributed by atoms with Crippen molar-refractivity contribution in [3.63, 3.8) is 0 Å². The van der Waals surface area contributed by atoms with Crippen LogP contribution in [0.1, 0.15) is 31.2 Å². The molecule has 1 heterocycles. The second-order valence-electron chi connectivity index (χ2n) is 5.59. The van der Waals surface area contributed by atoms with E-state index >= 15 is 0 Å². The van der Waals surface area contributed by atoms with Crippen molar-refractivity contribution in [3.05, 3.63) is 28.8 Å². The molecule has 1 unspecified atom stereocenters. The van der Waals surface area contributed by atoms with Gasteiger partial charge < -0.3 is 15.0 Å². The summed E-state index contributed by atoms with van der Waals surface area (Å²) in [6, 6.07) is 5.42. The number of halogens is 1. The van der Waals surface area contributed by atoms with Gasteiger partial charge in [0.05, 0.1) is 6.10 Å². The molecule has 1 N–H and O–H groups in total. The molecule has 1 atom stereocenters. The second kappa shape index (κ2) is 7.66. The Kier molecular flexibility index (Phi) is 5.88. The van der Waals surface area contributed by atoms with Gasteiger partial charge in [0.1, 0.15) is 0 Å². The lowest BCUT2D eigenvalue weighted by Gasteiger charge is -2.19. The van der Waals surface area contributed by atoms with Crippen molar-refractivity contribution in [2.24, 2.45) is 0 Å². The third kappa shape index (κ3) is 4.90. The van der Waals surface area contributed by atoms with Gasteiger partial charge in [-0.2, -0.15) is 0 Å². The third-order valence-electron chi connectivity index (χ3n) is 3.81. The highest BCUT2D eigenvalue weighted by Crippen LogP contribution is 2.20. The van der Waals surface area contributed by atoms with Gasteiger partial charge in [0.2, 0.25) is 0 Å². The summed E-state index contributed by atoms with van der Waals surface area (Å²) in [7, 11) is 1.81. The summed E-state index contributed by atoms with van der Waals surface area (Å²) in [5.41, 5.74) is 1.72. The Morgan fingerprint density at radius 2 is 2.33 bits per heavy atom. The normalized spacial score (nSPS) is 17.8. The molecule has 5 heteroatoms. The van der Waals surface area contributed by atoms with Crippen molar-refractivity contribution in [3.8, 4) is 0 Å². The Balaban J connectivity index is 1.74. The van der Waals surface area contributed by atoms with Crippen molar-refractivity contribution in [2.75, 3.05) is 25.5 Å². The molecule has 1 aliphatic rings. The standard InChI is InChI=1S/C16H23ClN2O2/c1-12-7-8-13(11-15(12)17)18-16(20)19(2)9-3-5-14-6-4-10-21-14/h7-8,11,14H,3-6,9-10H2,1-2H3,(H,18,20). The molecule has 0 aliphatic carbocycles. The fourth-order valence-electron chi connectivity index (χ4n) is 2.42. The predicted octanol–water partition coefficient (Wildman–Crippen LogP) is 4.07. The van der Waals surface area contributed by atoms with Crippen LogP contribution < -0.4 is 5.32 Å². The van der Waals surface area contributed by atoms with Crippen molar-refractivity contribution >= 4 is 23.3 Å². The minimum Gasteiger partial charge on any atom is -0.378 e. The zero-order chi connectivity index (χ0) is 15.2. The van der Waals surface area contributed by atoms with Crippen LogP contribution in [-0.2, 0) is 4.74 Å². The maximum Gasteiger partial charge on any atom is 0.321 e. The van der Waals surface area contributed by atoms with Gasteiger partial charge in [0, 0.05) is 30.9 Å². The molecule has 1 fully saturated rings. The average Bonchev–Trinajstić information content (AvgIpc) is 2.96. The second-order valence-corrected chi connectivity index (χ2v) is 6.00. The van der Waals surface area contributed by atoms with Crippen LogP contribution in [0.2, 0.25) is 5.02 Å². The maximum atomic E-state index is 12.1. The van der Waals surface area contributed by atoms with E-state index in [1.165, 1.54) is 0 Å². The number of rotatable bonds is 5. The number of urea groups is 1. The first kappa shape index (κ1) is 16.1. The first-order valence-electron chi connectivity index (χ1n) is 7.46. The number of anilines is 1. The number of benzene rings is 1. The molecule has 4 nitrogen and oxygen atoms in total. The SMILES string of the molecule is Cc1ccc(NC(=O)N(C)CCCC2CCCO2)cc1Cl. The van der Waals surface area contributed by atoms with Crippen LogP contribution in [0, 0.1) is 6.92 Å². The van der Waals surface area contributed by atoms with Crippen LogP contribution in [-0.4, -0.2) is 37.2 Å². The summed E-state index contributed by atoms with van der Waals surface area (Å²) >= 11 is 6.05. The van der Waals surface area contributed by atoms with E-state index in [4.69, 9.17) is 16.3 Å². The number of hydrogen-bond donors (Lipinski definition) is 1. The highest BCUT2D eigenvalue weighted by atomic mass is 35.5. The molecule has 0 saturated carbocycles. The Hall–Kier alpha value is -1.26. The number of hydrogen-bond acceptors (Lipinski definition) is 2. The molecule has 1 aliphatic heterocycles. The predicted molar refractivity (Wildman–Crippen MR) is 86.0 cm³/mol. The molecule has 2 rings (SSSR count). The van der Waals surface area contributed by atoms with E-state index in [1.54, 1.807) is 18.0 Å². The Labute approximate surface area is 131 Å².